The second kappa shape index (κ2) is 8.31. The third kappa shape index (κ3) is 4.20. The van der Waals surface area contributed by atoms with Crippen molar-refractivity contribution >= 4 is 28.5 Å². The lowest BCUT2D eigenvalue weighted by Gasteiger charge is -2.08. The molecule has 31 heavy (non-hydrogen) atoms. The van der Waals surface area contributed by atoms with E-state index >= 15 is 0 Å². The van der Waals surface area contributed by atoms with Crippen molar-refractivity contribution in [3.05, 3.63) is 87.6 Å². The van der Waals surface area contributed by atoms with Crippen LogP contribution in [0.1, 0.15) is 5.56 Å². The Balaban J connectivity index is 1.56. The molecule has 2 aromatic heterocycles. The van der Waals surface area contributed by atoms with Crippen molar-refractivity contribution in [2.24, 2.45) is 7.05 Å². The van der Waals surface area contributed by atoms with E-state index in [1.54, 1.807) is 29.9 Å². The van der Waals surface area contributed by atoms with E-state index in [0.29, 0.717) is 22.2 Å². The second-order valence-corrected chi connectivity index (χ2v) is 7.47. The molecule has 0 saturated carbocycles. The number of fused-ring (bicyclic) bond motifs is 1. The van der Waals surface area contributed by atoms with Gasteiger partial charge in [-0.3, -0.25) is 14.2 Å². The number of nitrogens with zero attached hydrogens (tertiary/aromatic N) is 3. The summed E-state index contributed by atoms with van der Waals surface area (Å²) in [5, 5.41) is 2.64. The Labute approximate surface area is 180 Å². The van der Waals surface area contributed by atoms with Gasteiger partial charge < -0.3 is 9.88 Å². The molecule has 2 heterocycles. The Kier molecular flexibility index (Phi) is 5.56. The monoisotopic (exact) mass is 442 g/mol. The lowest BCUT2D eigenvalue weighted by molar-refractivity contribution is -0.121. The molecule has 0 saturated heterocycles. The van der Waals surface area contributed by atoms with E-state index in [0.717, 1.165) is 5.56 Å². The van der Waals surface area contributed by atoms with E-state index in [9.17, 15) is 18.4 Å². The summed E-state index contributed by atoms with van der Waals surface area (Å²) in [5.74, 6) is -1.30. The maximum Gasteiger partial charge on any atom is 0.278 e. The van der Waals surface area contributed by atoms with Crippen molar-refractivity contribution in [2.75, 3.05) is 0 Å². The predicted octanol–water partition coefficient (Wildman–Crippen LogP) is 3.65. The molecule has 1 amide bonds. The number of hydrogen-bond donors (Lipinski definition) is 1. The highest BCUT2D eigenvalue weighted by Gasteiger charge is 2.16. The predicted molar refractivity (Wildman–Crippen MR) is 114 cm³/mol. The van der Waals surface area contributed by atoms with Crippen LogP contribution in [-0.2, 0) is 24.9 Å². The lowest BCUT2D eigenvalue weighted by Crippen LogP contribution is -2.32. The first-order valence-corrected chi connectivity index (χ1v) is 9.72. The van der Waals surface area contributed by atoms with Crippen LogP contribution in [0.25, 0.3) is 22.2 Å². The summed E-state index contributed by atoms with van der Waals surface area (Å²) in [6.07, 6.45) is 3.06. The van der Waals surface area contributed by atoms with Gasteiger partial charge in [0.05, 0.1) is 11.3 Å². The number of amides is 1. The van der Waals surface area contributed by atoms with Crippen LogP contribution < -0.4 is 10.9 Å². The zero-order chi connectivity index (χ0) is 22.1. The molecule has 0 bridgehead atoms. The van der Waals surface area contributed by atoms with E-state index in [-0.39, 0.29) is 29.5 Å². The first kappa shape index (κ1) is 20.7. The number of aryl methyl sites for hydroxylation is 1. The van der Waals surface area contributed by atoms with E-state index in [1.165, 1.54) is 41.2 Å². The fraction of sp³-hybridized carbons (Fsp3) is 0.136. The third-order valence-corrected chi connectivity index (χ3v) is 5.18. The number of aromatic nitrogens is 3. The van der Waals surface area contributed by atoms with Crippen molar-refractivity contribution in [1.82, 2.24) is 19.4 Å². The Morgan fingerprint density at radius 2 is 1.90 bits per heavy atom. The van der Waals surface area contributed by atoms with Gasteiger partial charge in [-0.1, -0.05) is 29.8 Å². The van der Waals surface area contributed by atoms with E-state index < -0.39 is 11.7 Å². The van der Waals surface area contributed by atoms with Crippen molar-refractivity contribution in [2.45, 2.75) is 13.1 Å². The van der Waals surface area contributed by atoms with Crippen LogP contribution in [0.3, 0.4) is 0 Å². The highest BCUT2D eigenvalue weighted by molar-refractivity contribution is 6.30. The Morgan fingerprint density at radius 1 is 1.16 bits per heavy atom. The molecule has 0 aliphatic carbocycles. The maximum absolute atomic E-state index is 13.2. The second-order valence-electron chi connectivity index (χ2n) is 7.06. The fourth-order valence-corrected chi connectivity index (χ4v) is 3.53. The number of rotatable bonds is 5. The van der Waals surface area contributed by atoms with Crippen molar-refractivity contribution in [3.63, 3.8) is 0 Å². The third-order valence-electron chi connectivity index (χ3n) is 4.89. The first-order valence-electron chi connectivity index (χ1n) is 9.34. The average molecular weight is 443 g/mol. The van der Waals surface area contributed by atoms with Crippen molar-refractivity contribution in [1.29, 1.82) is 0 Å². The van der Waals surface area contributed by atoms with Gasteiger partial charge in [0.1, 0.15) is 29.2 Å². The zero-order valence-corrected chi connectivity index (χ0v) is 17.2. The number of benzene rings is 2. The standard InChI is InChI=1S/C22H17ClF2N4O2/c1-28-10-16(14-3-5-15(24)6-4-14)20-21(28)22(31)29(12-27-20)11-19(30)26-9-13-2-7-18(25)17(23)8-13/h2-8,10,12H,9,11H2,1H3,(H,26,30). The number of nitrogens with one attached hydrogen (secondary N) is 1. The summed E-state index contributed by atoms with van der Waals surface area (Å²) < 4.78 is 29.3. The minimum Gasteiger partial charge on any atom is -0.350 e. The molecule has 0 atom stereocenters. The molecule has 0 aliphatic rings. The van der Waals surface area contributed by atoms with Crippen LogP contribution in [-0.4, -0.2) is 20.0 Å². The topological polar surface area (TPSA) is 68.9 Å². The molecule has 6 nitrogen and oxygen atoms in total. The van der Waals surface area contributed by atoms with Crippen LogP contribution in [0.2, 0.25) is 5.02 Å². The van der Waals surface area contributed by atoms with Crippen LogP contribution in [0.15, 0.2) is 59.8 Å². The van der Waals surface area contributed by atoms with Gasteiger partial charge >= 0.3 is 0 Å². The van der Waals surface area contributed by atoms with Gasteiger partial charge in [0, 0.05) is 25.4 Å². The average Bonchev–Trinajstić information content (AvgIpc) is 3.08. The lowest BCUT2D eigenvalue weighted by atomic mass is 10.1. The van der Waals surface area contributed by atoms with Gasteiger partial charge in [0.2, 0.25) is 5.91 Å². The van der Waals surface area contributed by atoms with Gasteiger partial charge in [-0.25, -0.2) is 13.8 Å². The summed E-state index contributed by atoms with van der Waals surface area (Å²) in [5.41, 5.74) is 2.48. The van der Waals surface area contributed by atoms with Crippen LogP contribution in [0.5, 0.6) is 0 Å². The summed E-state index contributed by atoms with van der Waals surface area (Å²) in [7, 11) is 1.71. The minimum absolute atomic E-state index is 0.0294. The van der Waals surface area contributed by atoms with E-state index in [4.69, 9.17) is 11.6 Å². The number of hydrogen-bond acceptors (Lipinski definition) is 3. The molecular formula is C22H17ClF2N4O2. The molecule has 4 aromatic rings. The van der Waals surface area contributed by atoms with Crippen LogP contribution in [0.4, 0.5) is 8.78 Å². The van der Waals surface area contributed by atoms with Crippen LogP contribution >= 0.6 is 11.6 Å². The van der Waals surface area contributed by atoms with Crippen molar-refractivity contribution in [3.8, 4) is 11.1 Å². The fourth-order valence-electron chi connectivity index (χ4n) is 3.33. The van der Waals surface area contributed by atoms with Crippen molar-refractivity contribution < 1.29 is 13.6 Å². The van der Waals surface area contributed by atoms with Gasteiger partial charge in [-0.15, -0.1) is 0 Å². The molecule has 4 rings (SSSR count). The summed E-state index contributed by atoms with van der Waals surface area (Å²) in [6, 6.07) is 10.1. The molecule has 9 heteroatoms. The van der Waals surface area contributed by atoms with Gasteiger partial charge in [-0.2, -0.15) is 0 Å². The smallest absolute Gasteiger partial charge is 0.278 e. The van der Waals surface area contributed by atoms with Gasteiger partial charge in [0.25, 0.3) is 5.56 Å². The molecule has 0 aliphatic heterocycles. The summed E-state index contributed by atoms with van der Waals surface area (Å²) >= 11 is 5.74. The highest BCUT2D eigenvalue weighted by atomic mass is 35.5. The molecule has 1 N–H and O–H groups in total. The van der Waals surface area contributed by atoms with E-state index in [2.05, 4.69) is 10.3 Å². The molecule has 158 valence electrons. The van der Waals surface area contributed by atoms with Crippen LogP contribution in [0, 0.1) is 11.6 Å². The summed E-state index contributed by atoms with van der Waals surface area (Å²) in [4.78, 5) is 29.6. The summed E-state index contributed by atoms with van der Waals surface area (Å²) in [6.45, 7) is -0.0874. The van der Waals surface area contributed by atoms with Gasteiger partial charge in [-0.05, 0) is 35.4 Å². The Morgan fingerprint density at radius 3 is 2.61 bits per heavy atom. The minimum atomic E-state index is -0.537. The number of halogens is 3. The SMILES string of the molecule is Cn1cc(-c2ccc(F)cc2)c2ncn(CC(=O)NCc3ccc(F)c(Cl)c3)c(=O)c21. The molecule has 0 unspecified atom stereocenters. The number of carbonyl (C=O) groups excluding carboxylic acids is 1. The Bertz CT molecular complexity index is 1350. The molecule has 2 aromatic carbocycles. The quantitative estimate of drug-likeness (QED) is 0.513. The highest BCUT2D eigenvalue weighted by Crippen LogP contribution is 2.27. The molecule has 0 spiro atoms. The van der Waals surface area contributed by atoms with Gasteiger partial charge in [0.15, 0.2) is 0 Å². The van der Waals surface area contributed by atoms with E-state index in [1.807, 2.05) is 0 Å². The largest absolute Gasteiger partial charge is 0.350 e. The zero-order valence-electron chi connectivity index (χ0n) is 16.4. The molecular weight excluding hydrogens is 426 g/mol. The normalized spacial score (nSPS) is 11.1. The maximum atomic E-state index is 13.2. The first-order chi connectivity index (χ1) is 14.8. The molecule has 0 radical (unpaired) electrons. The Hall–Kier alpha value is -3.52. The number of carbonyl (C=O) groups is 1. The molecule has 0 fully saturated rings.